The molecular formula is C17H14Cl2N4OS. The van der Waals surface area contributed by atoms with Crippen LogP contribution in [-0.4, -0.2) is 23.1 Å². The molecule has 0 aliphatic rings. The van der Waals surface area contributed by atoms with Crippen molar-refractivity contribution in [2.24, 2.45) is 5.10 Å². The lowest BCUT2D eigenvalue weighted by atomic mass is 10.2. The van der Waals surface area contributed by atoms with Crippen molar-refractivity contribution in [2.45, 2.75) is 13.0 Å². The van der Waals surface area contributed by atoms with Gasteiger partial charge in [0.1, 0.15) is 6.04 Å². The maximum Gasteiger partial charge on any atom is 0.262 e. The summed E-state index contributed by atoms with van der Waals surface area (Å²) in [6.45, 7) is 1.74. The Morgan fingerprint density at radius 2 is 2.04 bits per heavy atom. The first-order valence-electron chi connectivity index (χ1n) is 7.43. The fourth-order valence-electron chi connectivity index (χ4n) is 2.07. The van der Waals surface area contributed by atoms with E-state index in [9.17, 15) is 4.79 Å². The largest absolute Gasteiger partial charge is 0.350 e. The zero-order valence-corrected chi connectivity index (χ0v) is 15.5. The Hall–Kier alpha value is -2.15. The van der Waals surface area contributed by atoms with Gasteiger partial charge in [0.2, 0.25) is 0 Å². The summed E-state index contributed by atoms with van der Waals surface area (Å²) in [7, 11) is 0. The average Bonchev–Trinajstić information content (AvgIpc) is 3.00. The number of amides is 1. The zero-order valence-electron chi connectivity index (χ0n) is 13.2. The monoisotopic (exact) mass is 392 g/mol. The number of carbonyl (C=O) groups excluding carboxylic acids is 1. The molecule has 0 unspecified atom stereocenters. The van der Waals surface area contributed by atoms with Crippen molar-refractivity contribution in [3.05, 3.63) is 58.1 Å². The summed E-state index contributed by atoms with van der Waals surface area (Å²) >= 11 is 13.5. The highest BCUT2D eigenvalue weighted by atomic mass is 35.5. The van der Waals surface area contributed by atoms with E-state index in [4.69, 9.17) is 23.2 Å². The van der Waals surface area contributed by atoms with E-state index in [1.54, 1.807) is 25.1 Å². The number of anilines is 1. The summed E-state index contributed by atoms with van der Waals surface area (Å²) in [4.78, 5) is 16.6. The second-order valence-electron chi connectivity index (χ2n) is 5.23. The molecule has 1 aromatic heterocycles. The van der Waals surface area contributed by atoms with Crippen molar-refractivity contribution in [1.82, 2.24) is 10.4 Å². The molecule has 2 aromatic carbocycles. The molecular weight excluding hydrogens is 379 g/mol. The molecule has 0 saturated carbocycles. The number of benzene rings is 2. The average molecular weight is 393 g/mol. The van der Waals surface area contributed by atoms with Crippen LogP contribution in [0.2, 0.25) is 10.0 Å². The first-order valence-corrected chi connectivity index (χ1v) is 9.01. The molecule has 1 amide bonds. The second kappa shape index (κ2) is 7.82. The van der Waals surface area contributed by atoms with Crippen molar-refractivity contribution < 1.29 is 4.79 Å². The number of hydrazone groups is 1. The smallest absolute Gasteiger partial charge is 0.262 e. The third kappa shape index (κ3) is 4.28. The lowest BCUT2D eigenvalue weighted by Gasteiger charge is -2.10. The Kier molecular flexibility index (Phi) is 5.53. The van der Waals surface area contributed by atoms with Crippen LogP contribution in [0.25, 0.3) is 10.2 Å². The number of nitrogens with zero attached hydrogens (tertiary/aromatic N) is 2. The molecule has 0 aliphatic carbocycles. The van der Waals surface area contributed by atoms with Crippen LogP contribution in [0.15, 0.2) is 47.6 Å². The number of halogens is 2. The maximum atomic E-state index is 12.1. The molecule has 2 N–H and O–H groups in total. The van der Waals surface area contributed by atoms with Crippen LogP contribution >= 0.6 is 34.5 Å². The van der Waals surface area contributed by atoms with Gasteiger partial charge in [-0.25, -0.2) is 10.4 Å². The highest BCUT2D eigenvalue weighted by Gasteiger charge is 2.14. The van der Waals surface area contributed by atoms with Gasteiger partial charge in [0, 0.05) is 5.56 Å². The molecule has 25 heavy (non-hydrogen) atoms. The SMILES string of the molecule is C[C@@H](Nc1nc2ccccc2s1)C(=O)N/N=C\c1cccc(Cl)c1Cl. The van der Waals surface area contributed by atoms with Crippen molar-refractivity contribution in [2.75, 3.05) is 5.32 Å². The quantitative estimate of drug-likeness (QED) is 0.494. The third-order valence-corrected chi connectivity index (χ3v) is 5.19. The van der Waals surface area contributed by atoms with E-state index in [1.165, 1.54) is 17.6 Å². The van der Waals surface area contributed by atoms with Crippen LogP contribution < -0.4 is 10.7 Å². The number of hydrogen-bond acceptors (Lipinski definition) is 5. The summed E-state index contributed by atoms with van der Waals surface area (Å²) in [6.07, 6.45) is 1.45. The number of rotatable bonds is 5. The molecule has 128 valence electrons. The van der Waals surface area contributed by atoms with Crippen LogP contribution in [-0.2, 0) is 4.79 Å². The fourth-order valence-corrected chi connectivity index (χ4v) is 3.38. The molecule has 0 radical (unpaired) electrons. The van der Waals surface area contributed by atoms with Crippen molar-refractivity contribution in [3.63, 3.8) is 0 Å². The number of fused-ring (bicyclic) bond motifs is 1. The Morgan fingerprint density at radius 3 is 2.84 bits per heavy atom. The zero-order chi connectivity index (χ0) is 17.8. The van der Waals surface area contributed by atoms with Crippen LogP contribution in [0.5, 0.6) is 0 Å². The van der Waals surface area contributed by atoms with E-state index in [0.717, 1.165) is 10.2 Å². The van der Waals surface area contributed by atoms with Gasteiger partial charge in [0.15, 0.2) is 5.13 Å². The van der Waals surface area contributed by atoms with Crippen LogP contribution in [0.4, 0.5) is 5.13 Å². The van der Waals surface area contributed by atoms with Gasteiger partial charge in [-0.3, -0.25) is 4.79 Å². The maximum absolute atomic E-state index is 12.1. The van der Waals surface area contributed by atoms with Gasteiger partial charge in [-0.15, -0.1) is 0 Å². The molecule has 0 fully saturated rings. The van der Waals surface area contributed by atoms with Crippen molar-refractivity contribution in [3.8, 4) is 0 Å². The molecule has 0 bridgehead atoms. The highest BCUT2D eigenvalue weighted by molar-refractivity contribution is 7.22. The fraction of sp³-hybridized carbons (Fsp3) is 0.118. The van der Waals surface area contributed by atoms with E-state index < -0.39 is 6.04 Å². The van der Waals surface area contributed by atoms with Crippen molar-refractivity contribution >= 4 is 62.0 Å². The van der Waals surface area contributed by atoms with E-state index >= 15 is 0 Å². The first kappa shape index (κ1) is 17.7. The van der Waals surface area contributed by atoms with Gasteiger partial charge >= 0.3 is 0 Å². The summed E-state index contributed by atoms with van der Waals surface area (Å²) in [5.74, 6) is -0.284. The van der Waals surface area contributed by atoms with Crippen LogP contribution in [0.1, 0.15) is 12.5 Å². The number of para-hydroxylation sites is 1. The Bertz CT molecular complexity index is 908. The lowest BCUT2D eigenvalue weighted by Crippen LogP contribution is -2.34. The topological polar surface area (TPSA) is 66.4 Å². The van der Waals surface area contributed by atoms with Gasteiger partial charge < -0.3 is 5.32 Å². The molecule has 1 atom stereocenters. The summed E-state index contributed by atoms with van der Waals surface area (Å²) < 4.78 is 1.06. The Labute approximate surface area is 158 Å². The van der Waals surface area contributed by atoms with Crippen LogP contribution in [0, 0.1) is 0 Å². The van der Waals surface area contributed by atoms with Gasteiger partial charge in [0.05, 0.1) is 26.5 Å². The number of nitrogens with one attached hydrogen (secondary N) is 2. The molecule has 8 heteroatoms. The van der Waals surface area contributed by atoms with Gasteiger partial charge in [-0.2, -0.15) is 5.10 Å². The minimum absolute atomic E-state index is 0.284. The minimum Gasteiger partial charge on any atom is -0.350 e. The molecule has 3 rings (SSSR count). The van der Waals surface area contributed by atoms with Crippen molar-refractivity contribution in [1.29, 1.82) is 0 Å². The van der Waals surface area contributed by atoms with E-state index in [2.05, 4.69) is 20.8 Å². The highest BCUT2D eigenvalue weighted by Crippen LogP contribution is 2.26. The number of thiazole rings is 1. The second-order valence-corrected chi connectivity index (χ2v) is 7.05. The minimum atomic E-state index is -0.493. The number of aromatic nitrogens is 1. The molecule has 0 spiro atoms. The van der Waals surface area contributed by atoms with Gasteiger partial charge in [-0.1, -0.05) is 58.8 Å². The molecule has 0 aliphatic heterocycles. The predicted molar refractivity (Wildman–Crippen MR) is 105 cm³/mol. The summed E-state index contributed by atoms with van der Waals surface area (Å²) in [5, 5.41) is 8.51. The van der Waals surface area contributed by atoms with E-state index in [-0.39, 0.29) is 5.91 Å². The first-order chi connectivity index (χ1) is 12.0. The Morgan fingerprint density at radius 1 is 1.24 bits per heavy atom. The Balaban J connectivity index is 1.60. The normalized spacial score (nSPS) is 12.4. The van der Waals surface area contributed by atoms with Gasteiger partial charge in [0.25, 0.3) is 5.91 Å². The molecule has 3 aromatic rings. The molecule has 0 saturated heterocycles. The predicted octanol–water partition coefficient (Wildman–Crippen LogP) is 4.55. The van der Waals surface area contributed by atoms with Gasteiger partial charge in [-0.05, 0) is 25.1 Å². The lowest BCUT2D eigenvalue weighted by molar-refractivity contribution is -0.121. The van der Waals surface area contributed by atoms with Crippen LogP contribution in [0.3, 0.4) is 0 Å². The number of carbonyl (C=O) groups is 1. The molecule has 5 nitrogen and oxygen atoms in total. The summed E-state index contributed by atoms with van der Waals surface area (Å²) in [6, 6.07) is 12.5. The van der Waals surface area contributed by atoms with E-state index in [1.807, 2.05) is 24.3 Å². The third-order valence-electron chi connectivity index (χ3n) is 3.39. The standard InChI is InChI=1S/C17H14Cl2N4OS/c1-10(21-17-22-13-7-2-3-8-14(13)25-17)16(24)23-20-9-11-5-4-6-12(18)15(11)19/h2-10H,1H3,(H,21,22)(H,23,24)/b20-9-/t10-/m1/s1. The summed E-state index contributed by atoms with van der Waals surface area (Å²) in [5.41, 5.74) is 4.00. The van der Waals surface area contributed by atoms with E-state index in [0.29, 0.717) is 20.7 Å². The molecule has 1 heterocycles. The number of hydrogen-bond donors (Lipinski definition) is 2.